The molecule has 2 aromatic heterocycles. The van der Waals surface area contributed by atoms with Gasteiger partial charge in [0.15, 0.2) is 0 Å². The molecule has 0 bridgehead atoms. The first-order valence-corrected chi connectivity index (χ1v) is 15.0. The fraction of sp³-hybridized carbons (Fsp3) is 0.394. The molecule has 202 valence electrons. The number of hydrogen-bond donors (Lipinski definition) is 1. The van der Waals surface area contributed by atoms with Crippen LogP contribution < -0.4 is 10.6 Å². The first kappa shape index (κ1) is 24.4. The Labute approximate surface area is 239 Å². The van der Waals surface area contributed by atoms with Crippen LogP contribution in [0.5, 0.6) is 0 Å². The van der Waals surface area contributed by atoms with E-state index in [0.29, 0.717) is 12.5 Å². The quantitative estimate of drug-likeness (QED) is 0.328. The van der Waals surface area contributed by atoms with Crippen LogP contribution in [0.15, 0.2) is 59.9 Å². The summed E-state index contributed by atoms with van der Waals surface area (Å²) in [5, 5.41) is 3.38. The Morgan fingerprint density at radius 3 is 2.70 bits per heavy atom. The minimum atomic E-state index is 0.0793. The van der Waals surface area contributed by atoms with Crippen LogP contribution in [0.2, 0.25) is 5.02 Å². The molecule has 2 aliphatic heterocycles. The minimum Gasteiger partial charge on any atom is -0.355 e. The summed E-state index contributed by atoms with van der Waals surface area (Å²) in [6, 6.07) is 15.2. The van der Waals surface area contributed by atoms with E-state index in [1.54, 1.807) is 0 Å². The number of aromatic nitrogens is 3. The summed E-state index contributed by atoms with van der Waals surface area (Å²) < 4.78 is 0. The van der Waals surface area contributed by atoms with E-state index in [-0.39, 0.29) is 11.5 Å². The van der Waals surface area contributed by atoms with Crippen molar-refractivity contribution in [1.29, 1.82) is 0 Å². The van der Waals surface area contributed by atoms with Crippen LogP contribution in [0.4, 0.5) is 5.82 Å². The van der Waals surface area contributed by atoms with Crippen molar-refractivity contribution in [3.8, 4) is 0 Å². The summed E-state index contributed by atoms with van der Waals surface area (Å²) in [6.07, 6.45) is 11.7. The molecule has 8 rings (SSSR count). The zero-order chi connectivity index (χ0) is 26.8. The number of halogens is 1. The molecule has 0 radical (unpaired) electrons. The van der Waals surface area contributed by atoms with Crippen molar-refractivity contribution in [1.82, 2.24) is 15.0 Å². The summed E-state index contributed by atoms with van der Waals surface area (Å²) in [5.74, 6) is 1.64. The van der Waals surface area contributed by atoms with Crippen molar-refractivity contribution in [2.75, 3.05) is 18.0 Å². The van der Waals surface area contributed by atoms with Crippen molar-refractivity contribution >= 4 is 33.9 Å². The highest BCUT2D eigenvalue weighted by Crippen LogP contribution is 2.52. The molecule has 7 heteroatoms. The number of nitrogens with zero attached hydrogens (tertiary/aromatic N) is 5. The third kappa shape index (κ3) is 3.80. The number of fused-ring (bicyclic) bond motifs is 4. The van der Waals surface area contributed by atoms with E-state index in [1.165, 1.54) is 41.2 Å². The Balaban J connectivity index is 1.00. The molecule has 1 saturated heterocycles. The Bertz CT molecular complexity index is 1670. The van der Waals surface area contributed by atoms with Crippen LogP contribution in [-0.4, -0.2) is 33.8 Å². The van der Waals surface area contributed by atoms with Crippen LogP contribution >= 0.6 is 11.6 Å². The molecule has 1 saturated carbocycles. The first-order valence-electron chi connectivity index (χ1n) is 14.7. The molecule has 6 nitrogen and oxygen atoms in total. The molecule has 1 spiro atoms. The van der Waals surface area contributed by atoms with Gasteiger partial charge in [-0.3, -0.25) is 9.98 Å². The summed E-state index contributed by atoms with van der Waals surface area (Å²) in [6.45, 7) is 2.40. The zero-order valence-electron chi connectivity index (χ0n) is 22.6. The molecule has 0 unspecified atom stereocenters. The van der Waals surface area contributed by atoms with E-state index in [2.05, 4.69) is 46.3 Å². The van der Waals surface area contributed by atoms with Gasteiger partial charge >= 0.3 is 0 Å². The Morgan fingerprint density at radius 2 is 1.88 bits per heavy atom. The number of anilines is 1. The fourth-order valence-corrected chi connectivity index (χ4v) is 7.68. The van der Waals surface area contributed by atoms with Crippen LogP contribution in [0.25, 0.3) is 10.8 Å². The van der Waals surface area contributed by atoms with Gasteiger partial charge in [-0.2, -0.15) is 0 Å². The van der Waals surface area contributed by atoms with E-state index in [1.807, 2.05) is 18.5 Å². The number of benzene rings is 2. The SMILES string of the molecule is N[C@@H]1c2ccc3ccccc3c2CC12CCN(c1cnc3c(n1)CN=C3c1ccnc(CC3CCC3)c1Cl)CC2. The van der Waals surface area contributed by atoms with Crippen LogP contribution in [-0.2, 0) is 19.4 Å². The van der Waals surface area contributed by atoms with E-state index in [0.717, 1.165) is 78.0 Å². The maximum atomic E-state index is 6.96. The summed E-state index contributed by atoms with van der Waals surface area (Å²) >= 11 is 6.86. The van der Waals surface area contributed by atoms with Gasteiger partial charge in [0.05, 0.1) is 34.9 Å². The monoisotopic (exact) mass is 548 g/mol. The lowest BCUT2D eigenvalue weighted by atomic mass is 9.73. The predicted octanol–water partition coefficient (Wildman–Crippen LogP) is 6.21. The maximum absolute atomic E-state index is 6.96. The van der Waals surface area contributed by atoms with Gasteiger partial charge in [-0.1, -0.05) is 67.3 Å². The number of pyridine rings is 1. The summed E-state index contributed by atoms with van der Waals surface area (Å²) in [4.78, 5) is 21.7. The van der Waals surface area contributed by atoms with Gasteiger partial charge in [0.2, 0.25) is 0 Å². The third-order valence-electron chi connectivity index (χ3n) is 10.1. The maximum Gasteiger partial charge on any atom is 0.147 e. The standard InChI is InChI=1S/C33H33ClN6/c34-29-24(10-13-36-26(29)16-20-4-3-5-20)30-31-27(18-37-30)39-28(19-38-31)40-14-11-33(12-15-40)17-25-22-7-2-1-6-21(22)8-9-23(25)32(33)35/h1-2,6-10,13,19-20,32H,3-5,11-12,14-18,35H2/t32-/m1/s1. The highest BCUT2D eigenvalue weighted by Gasteiger charge is 2.46. The number of piperidine rings is 1. The molecule has 40 heavy (non-hydrogen) atoms. The van der Waals surface area contributed by atoms with Crippen LogP contribution in [0.1, 0.15) is 71.9 Å². The number of hydrogen-bond acceptors (Lipinski definition) is 6. The van der Waals surface area contributed by atoms with Crippen molar-refractivity contribution in [2.45, 2.75) is 57.5 Å². The second-order valence-electron chi connectivity index (χ2n) is 12.2. The van der Waals surface area contributed by atoms with Gasteiger partial charge in [0.1, 0.15) is 11.5 Å². The second kappa shape index (κ2) is 9.35. The molecule has 4 aliphatic rings. The molecule has 2 N–H and O–H groups in total. The van der Waals surface area contributed by atoms with Gasteiger partial charge in [-0.25, -0.2) is 9.97 Å². The van der Waals surface area contributed by atoms with Gasteiger partial charge in [0, 0.05) is 30.9 Å². The van der Waals surface area contributed by atoms with Crippen LogP contribution in [0.3, 0.4) is 0 Å². The zero-order valence-corrected chi connectivity index (χ0v) is 23.4. The van der Waals surface area contributed by atoms with Gasteiger partial charge < -0.3 is 10.6 Å². The van der Waals surface area contributed by atoms with Gasteiger partial charge in [0.25, 0.3) is 0 Å². The van der Waals surface area contributed by atoms with Crippen LogP contribution in [0, 0.1) is 11.3 Å². The number of nitrogens with two attached hydrogens (primary N) is 1. The normalized spacial score (nSPS) is 21.4. The molecule has 4 heterocycles. The molecular formula is C33H33ClN6. The molecular weight excluding hydrogens is 516 g/mol. The molecule has 4 aromatic rings. The second-order valence-corrected chi connectivity index (χ2v) is 12.5. The highest BCUT2D eigenvalue weighted by atomic mass is 35.5. The van der Waals surface area contributed by atoms with E-state index < -0.39 is 0 Å². The average molecular weight is 549 g/mol. The largest absolute Gasteiger partial charge is 0.355 e. The minimum absolute atomic E-state index is 0.0793. The van der Waals surface area contributed by atoms with Gasteiger partial charge in [-0.05, 0) is 65.0 Å². The third-order valence-corrected chi connectivity index (χ3v) is 10.5. The Morgan fingerprint density at radius 1 is 1.02 bits per heavy atom. The topological polar surface area (TPSA) is 80.3 Å². The first-order chi connectivity index (χ1) is 19.6. The van der Waals surface area contributed by atoms with Crippen molar-refractivity contribution in [2.24, 2.45) is 22.1 Å². The van der Waals surface area contributed by atoms with Crippen molar-refractivity contribution in [3.63, 3.8) is 0 Å². The number of aliphatic imine (C=N–C) groups is 1. The lowest BCUT2D eigenvalue weighted by Gasteiger charge is -2.42. The van der Waals surface area contributed by atoms with E-state index in [9.17, 15) is 0 Å². The molecule has 0 amide bonds. The molecule has 2 fully saturated rings. The lowest BCUT2D eigenvalue weighted by Crippen LogP contribution is -2.44. The average Bonchev–Trinajstić information content (AvgIpc) is 3.50. The lowest BCUT2D eigenvalue weighted by molar-refractivity contribution is 0.187. The number of rotatable bonds is 4. The Kier molecular flexibility index (Phi) is 5.72. The van der Waals surface area contributed by atoms with Gasteiger partial charge in [-0.15, -0.1) is 0 Å². The van der Waals surface area contributed by atoms with Crippen molar-refractivity contribution < 1.29 is 0 Å². The van der Waals surface area contributed by atoms with E-state index in [4.69, 9.17) is 32.3 Å². The molecule has 1 atom stereocenters. The Hall–Kier alpha value is -3.35. The summed E-state index contributed by atoms with van der Waals surface area (Å²) in [5.41, 5.74) is 14.4. The molecule has 2 aromatic carbocycles. The fourth-order valence-electron chi connectivity index (χ4n) is 7.40. The summed E-state index contributed by atoms with van der Waals surface area (Å²) in [7, 11) is 0. The highest BCUT2D eigenvalue weighted by molar-refractivity contribution is 6.36. The van der Waals surface area contributed by atoms with E-state index >= 15 is 0 Å². The predicted molar refractivity (Wildman–Crippen MR) is 160 cm³/mol. The molecule has 2 aliphatic carbocycles. The van der Waals surface area contributed by atoms with Crippen molar-refractivity contribution in [3.05, 3.63) is 93.7 Å². The smallest absolute Gasteiger partial charge is 0.147 e.